The zero-order chi connectivity index (χ0) is 20.3. The highest BCUT2D eigenvalue weighted by Crippen LogP contribution is 2.54. The highest BCUT2D eigenvalue weighted by Gasteiger charge is 2.61. The Bertz CT molecular complexity index is 965. The normalized spacial score (nSPS) is 30.7. The van der Waals surface area contributed by atoms with Crippen LogP contribution in [0.3, 0.4) is 0 Å². The van der Waals surface area contributed by atoms with E-state index in [2.05, 4.69) is 17.2 Å². The number of hydrogen-bond donors (Lipinski definition) is 0. The van der Waals surface area contributed by atoms with Gasteiger partial charge in [-0.3, -0.25) is 14.3 Å². The van der Waals surface area contributed by atoms with Gasteiger partial charge in [0.15, 0.2) is 0 Å². The van der Waals surface area contributed by atoms with Crippen LogP contribution in [0.15, 0.2) is 23.0 Å². The van der Waals surface area contributed by atoms with Crippen molar-refractivity contribution < 1.29 is 14.1 Å². The topological polar surface area (TPSA) is 84.5 Å². The molecule has 29 heavy (non-hydrogen) atoms. The first-order chi connectivity index (χ1) is 13.9. The molecule has 2 amide bonds. The van der Waals surface area contributed by atoms with Crippen molar-refractivity contribution in [3.63, 3.8) is 0 Å². The maximum atomic E-state index is 13.4. The summed E-state index contributed by atoms with van der Waals surface area (Å²) >= 11 is 0. The molecule has 2 aromatic heterocycles. The summed E-state index contributed by atoms with van der Waals surface area (Å²) < 4.78 is 7.27. The Labute approximate surface area is 169 Å². The molecule has 2 aliphatic heterocycles. The van der Waals surface area contributed by atoms with Crippen LogP contribution in [-0.4, -0.2) is 61.2 Å². The summed E-state index contributed by atoms with van der Waals surface area (Å²) in [5.74, 6) is 0.248. The molecule has 2 aromatic rings. The number of hydrogen-bond acceptors (Lipinski definition) is 5. The van der Waals surface area contributed by atoms with Crippen molar-refractivity contribution in [1.29, 1.82) is 0 Å². The number of aromatic nitrogens is 3. The lowest BCUT2D eigenvalue weighted by Crippen LogP contribution is -2.57. The van der Waals surface area contributed by atoms with E-state index in [1.54, 1.807) is 19.2 Å². The number of amides is 2. The fraction of sp³-hybridized carbons (Fsp3) is 0.619. The fourth-order valence-electron chi connectivity index (χ4n) is 6.02. The molecule has 0 spiro atoms. The van der Waals surface area contributed by atoms with Crippen molar-refractivity contribution >= 4 is 11.8 Å². The van der Waals surface area contributed by atoms with E-state index in [0.717, 1.165) is 37.8 Å². The van der Waals surface area contributed by atoms with Crippen LogP contribution in [-0.2, 0) is 11.3 Å². The third kappa shape index (κ3) is 2.64. The van der Waals surface area contributed by atoms with Crippen LogP contribution in [0.2, 0.25) is 0 Å². The van der Waals surface area contributed by atoms with Crippen LogP contribution < -0.4 is 0 Å². The zero-order valence-corrected chi connectivity index (χ0v) is 17.2. The van der Waals surface area contributed by atoms with Gasteiger partial charge in [-0.05, 0) is 32.6 Å². The molecule has 4 heterocycles. The first kappa shape index (κ1) is 18.4. The molecular formula is C21H27N5O3. The Balaban J connectivity index is 1.44. The van der Waals surface area contributed by atoms with Gasteiger partial charge in [0.2, 0.25) is 11.7 Å². The van der Waals surface area contributed by atoms with Gasteiger partial charge in [0.25, 0.3) is 5.91 Å². The second kappa shape index (κ2) is 6.43. The first-order valence-corrected chi connectivity index (χ1v) is 10.5. The van der Waals surface area contributed by atoms with Gasteiger partial charge in [-0.1, -0.05) is 12.1 Å². The average Bonchev–Trinajstić information content (AvgIpc) is 3.41. The van der Waals surface area contributed by atoms with E-state index < -0.39 is 0 Å². The summed E-state index contributed by atoms with van der Waals surface area (Å²) in [5, 5.41) is 8.36. The highest BCUT2D eigenvalue weighted by molar-refractivity contribution is 5.93. The average molecular weight is 397 g/mol. The van der Waals surface area contributed by atoms with Crippen LogP contribution in [0.5, 0.6) is 0 Å². The number of piperidine rings is 1. The summed E-state index contributed by atoms with van der Waals surface area (Å²) in [4.78, 5) is 29.8. The molecule has 1 aliphatic carbocycles. The van der Waals surface area contributed by atoms with Crippen molar-refractivity contribution in [3.05, 3.63) is 24.2 Å². The van der Waals surface area contributed by atoms with E-state index in [1.165, 1.54) is 0 Å². The Hall–Kier alpha value is -2.64. The lowest BCUT2D eigenvalue weighted by atomic mass is 9.65. The van der Waals surface area contributed by atoms with Crippen LogP contribution in [0.1, 0.15) is 57.0 Å². The Morgan fingerprint density at radius 1 is 1.31 bits per heavy atom. The zero-order valence-electron chi connectivity index (χ0n) is 17.2. The monoisotopic (exact) mass is 397 g/mol. The summed E-state index contributed by atoms with van der Waals surface area (Å²) in [6, 6.07) is 2.16. The number of rotatable bonds is 3. The van der Waals surface area contributed by atoms with Crippen molar-refractivity contribution in [2.24, 2.45) is 5.41 Å². The minimum Gasteiger partial charge on any atom is -0.350 e. The van der Waals surface area contributed by atoms with E-state index in [4.69, 9.17) is 4.52 Å². The maximum Gasteiger partial charge on any atom is 0.292 e. The van der Waals surface area contributed by atoms with Gasteiger partial charge in [0, 0.05) is 55.3 Å². The predicted octanol–water partition coefficient (Wildman–Crippen LogP) is 2.56. The van der Waals surface area contributed by atoms with E-state index in [9.17, 15) is 9.59 Å². The van der Waals surface area contributed by atoms with Gasteiger partial charge in [-0.15, -0.1) is 0 Å². The number of fused-ring (bicyclic) bond motifs is 1. The molecule has 0 N–H and O–H groups in total. The lowest BCUT2D eigenvalue weighted by molar-refractivity contribution is -0.132. The van der Waals surface area contributed by atoms with Crippen molar-refractivity contribution in [1.82, 2.24) is 24.7 Å². The summed E-state index contributed by atoms with van der Waals surface area (Å²) in [6.45, 7) is 7.26. The molecule has 2 bridgehead atoms. The van der Waals surface area contributed by atoms with E-state index >= 15 is 0 Å². The van der Waals surface area contributed by atoms with Gasteiger partial charge in [-0.2, -0.15) is 5.10 Å². The standard InChI is InChI=1S/C21H27N5O3/c1-4-24-11-14(10-22-24)16-8-17(29-23-16)20(28)25-12-15-9-21(3)18(25)6-5-7-19(21)26(15)13(2)27/h8,10-11,15,18-19H,4-7,9,12H2,1-3H3/t15-,18+,19-,21+/m0/s1. The van der Waals surface area contributed by atoms with Gasteiger partial charge in [0.05, 0.1) is 12.2 Å². The molecule has 3 fully saturated rings. The number of nitrogens with zero attached hydrogens (tertiary/aromatic N) is 5. The van der Waals surface area contributed by atoms with E-state index in [-0.39, 0.29) is 41.1 Å². The van der Waals surface area contributed by atoms with E-state index in [1.807, 2.05) is 27.6 Å². The Morgan fingerprint density at radius 2 is 2.10 bits per heavy atom. The maximum absolute atomic E-state index is 13.4. The molecule has 0 unspecified atom stereocenters. The molecule has 0 aromatic carbocycles. The third-order valence-corrected chi connectivity index (χ3v) is 7.26. The van der Waals surface area contributed by atoms with Gasteiger partial charge >= 0.3 is 0 Å². The van der Waals surface area contributed by atoms with Crippen molar-refractivity contribution in [2.75, 3.05) is 6.54 Å². The van der Waals surface area contributed by atoms with E-state index in [0.29, 0.717) is 12.2 Å². The molecule has 1 saturated carbocycles. The van der Waals surface area contributed by atoms with Crippen molar-refractivity contribution in [2.45, 2.75) is 71.1 Å². The second-order valence-electron chi connectivity index (χ2n) is 8.87. The lowest BCUT2D eigenvalue weighted by Gasteiger charge is -2.49. The molecule has 2 saturated heterocycles. The minimum absolute atomic E-state index is 0.0480. The molecule has 154 valence electrons. The quantitative estimate of drug-likeness (QED) is 0.795. The fourth-order valence-corrected chi connectivity index (χ4v) is 6.02. The number of carbonyl (C=O) groups excluding carboxylic acids is 2. The molecule has 4 atom stereocenters. The van der Waals surface area contributed by atoms with Gasteiger partial charge in [0.1, 0.15) is 5.69 Å². The Kier molecular flexibility index (Phi) is 4.08. The smallest absolute Gasteiger partial charge is 0.292 e. The minimum atomic E-state index is -0.126. The molecule has 8 nitrogen and oxygen atoms in total. The van der Waals surface area contributed by atoms with Crippen LogP contribution >= 0.6 is 0 Å². The highest BCUT2D eigenvalue weighted by atomic mass is 16.5. The predicted molar refractivity (Wildman–Crippen MR) is 105 cm³/mol. The summed E-state index contributed by atoms with van der Waals surface area (Å²) in [6.07, 6.45) is 7.63. The number of aryl methyl sites for hydroxylation is 1. The molecule has 8 heteroatoms. The van der Waals surface area contributed by atoms with Crippen LogP contribution in [0.4, 0.5) is 0 Å². The largest absolute Gasteiger partial charge is 0.350 e. The second-order valence-corrected chi connectivity index (χ2v) is 8.87. The van der Waals surface area contributed by atoms with Gasteiger partial charge in [-0.25, -0.2) is 0 Å². The SMILES string of the molecule is CCn1cc(-c2cc(C(=O)N3C[C@@H]4C[C@@]5(C)[C@H](CCC[C@@H]35)N4C(C)=O)on2)cn1. The van der Waals surface area contributed by atoms with Crippen molar-refractivity contribution in [3.8, 4) is 11.3 Å². The first-order valence-electron chi connectivity index (χ1n) is 10.5. The van der Waals surface area contributed by atoms with Crippen LogP contribution in [0, 0.1) is 5.41 Å². The number of likely N-dealkylation sites (tertiary alicyclic amines) is 2. The molecule has 3 aliphatic rings. The summed E-state index contributed by atoms with van der Waals surface area (Å²) in [7, 11) is 0. The third-order valence-electron chi connectivity index (χ3n) is 7.26. The van der Waals surface area contributed by atoms with Crippen LogP contribution in [0.25, 0.3) is 11.3 Å². The molecule has 5 rings (SSSR count). The summed E-state index contributed by atoms with van der Waals surface area (Å²) in [5.41, 5.74) is 1.40. The number of carbonyl (C=O) groups is 2. The molecular weight excluding hydrogens is 370 g/mol. The Morgan fingerprint density at radius 3 is 2.83 bits per heavy atom. The van der Waals surface area contributed by atoms with Gasteiger partial charge < -0.3 is 14.3 Å². The molecule has 0 radical (unpaired) electrons.